The van der Waals surface area contributed by atoms with Crippen molar-refractivity contribution in [3.05, 3.63) is 11.6 Å². The summed E-state index contributed by atoms with van der Waals surface area (Å²) >= 11 is 0. The smallest absolute Gasteiger partial charge is 0.328 e. The van der Waals surface area contributed by atoms with Gasteiger partial charge in [0.15, 0.2) is 0 Å². The molecule has 1 saturated heterocycles. The van der Waals surface area contributed by atoms with Crippen LogP contribution in [0.3, 0.4) is 0 Å². The van der Waals surface area contributed by atoms with Gasteiger partial charge in [0.1, 0.15) is 0 Å². The molecule has 2 N–H and O–H groups in total. The monoisotopic (exact) mass is 199 g/mol. The molecule has 1 heterocycles. The van der Waals surface area contributed by atoms with E-state index < -0.39 is 5.97 Å². The summed E-state index contributed by atoms with van der Waals surface area (Å²) < 4.78 is 5.38. The van der Waals surface area contributed by atoms with Crippen molar-refractivity contribution in [2.45, 2.75) is 32.4 Å². The lowest BCUT2D eigenvalue weighted by Crippen LogP contribution is -2.35. The number of carbonyl (C=O) groups is 1. The highest BCUT2D eigenvalue weighted by Gasteiger charge is 2.23. The summed E-state index contributed by atoms with van der Waals surface area (Å²) in [7, 11) is 0. The van der Waals surface area contributed by atoms with E-state index in [0.29, 0.717) is 12.6 Å². The third-order valence-electron chi connectivity index (χ3n) is 2.39. The first-order valence-electron chi connectivity index (χ1n) is 4.84. The molecule has 2 atom stereocenters. The number of rotatable bonds is 4. The third-order valence-corrected chi connectivity index (χ3v) is 2.39. The zero-order chi connectivity index (χ0) is 10.6. The van der Waals surface area contributed by atoms with Crippen LogP contribution in [0.5, 0.6) is 0 Å². The van der Waals surface area contributed by atoms with Crippen LogP contribution in [0, 0.1) is 0 Å². The molecule has 4 nitrogen and oxygen atoms in total. The number of carboxylic acid groups (broad SMARTS) is 1. The molecule has 0 bridgehead atoms. The molecular formula is C10H17NO3. The Morgan fingerprint density at radius 3 is 2.93 bits per heavy atom. The SMILES string of the molecule is CC(=CC(=O)O)CNC1CCOC1C. The van der Waals surface area contributed by atoms with Crippen LogP contribution in [0.2, 0.25) is 0 Å². The van der Waals surface area contributed by atoms with Gasteiger partial charge in [-0.3, -0.25) is 0 Å². The van der Waals surface area contributed by atoms with Gasteiger partial charge >= 0.3 is 5.97 Å². The molecule has 0 aliphatic carbocycles. The number of ether oxygens (including phenoxy) is 1. The van der Waals surface area contributed by atoms with Crippen LogP contribution in [-0.4, -0.2) is 36.4 Å². The second-order valence-electron chi connectivity index (χ2n) is 3.68. The van der Waals surface area contributed by atoms with Crippen LogP contribution in [0.1, 0.15) is 20.3 Å². The van der Waals surface area contributed by atoms with E-state index >= 15 is 0 Å². The number of hydrogen-bond acceptors (Lipinski definition) is 3. The fourth-order valence-electron chi connectivity index (χ4n) is 1.55. The normalized spacial score (nSPS) is 28.0. The van der Waals surface area contributed by atoms with Gasteiger partial charge in [0.2, 0.25) is 0 Å². The summed E-state index contributed by atoms with van der Waals surface area (Å²) in [4.78, 5) is 10.3. The zero-order valence-corrected chi connectivity index (χ0v) is 8.62. The van der Waals surface area contributed by atoms with E-state index in [1.807, 2.05) is 13.8 Å². The first-order chi connectivity index (χ1) is 6.59. The zero-order valence-electron chi connectivity index (χ0n) is 8.62. The second-order valence-corrected chi connectivity index (χ2v) is 3.68. The molecule has 0 aromatic heterocycles. The molecule has 0 saturated carbocycles. The highest BCUT2D eigenvalue weighted by atomic mass is 16.5. The molecule has 2 unspecified atom stereocenters. The first-order valence-corrected chi connectivity index (χ1v) is 4.84. The summed E-state index contributed by atoms with van der Waals surface area (Å²) in [5, 5.41) is 11.8. The Labute approximate surface area is 83.9 Å². The van der Waals surface area contributed by atoms with Gasteiger partial charge in [-0.25, -0.2) is 4.79 Å². The van der Waals surface area contributed by atoms with Gasteiger partial charge in [-0.1, -0.05) is 5.57 Å². The van der Waals surface area contributed by atoms with Gasteiger partial charge in [0.25, 0.3) is 0 Å². The standard InChI is InChI=1S/C10H17NO3/c1-7(5-10(12)13)6-11-9-3-4-14-8(9)2/h5,8-9,11H,3-4,6H2,1-2H3,(H,12,13). The van der Waals surface area contributed by atoms with Gasteiger partial charge in [-0.15, -0.1) is 0 Å². The van der Waals surface area contributed by atoms with Gasteiger partial charge in [0.05, 0.1) is 6.10 Å². The van der Waals surface area contributed by atoms with Crippen molar-refractivity contribution in [1.82, 2.24) is 5.32 Å². The minimum absolute atomic E-state index is 0.229. The van der Waals surface area contributed by atoms with E-state index in [9.17, 15) is 4.79 Å². The number of aliphatic carboxylic acids is 1. The maximum atomic E-state index is 10.3. The van der Waals surface area contributed by atoms with Crippen LogP contribution >= 0.6 is 0 Å². The predicted octanol–water partition coefficient (Wildman–Crippen LogP) is 0.784. The Balaban J connectivity index is 2.29. The van der Waals surface area contributed by atoms with Gasteiger partial charge in [0, 0.05) is 25.3 Å². The Bertz CT molecular complexity index is 238. The van der Waals surface area contributed by atoms with Gasteiger partial charge in [-0.2, -0.15) is 0 Å². The average molecular weight is 199 g/mol. The molecule has 1 rings (SSSR count). The Morgan fingerprint density at radius 2 is 2.43 bits per heavy atom. The largest absolute Gasteiger partial charge is 0.478 e. The van der Waals surface area contributed by atoms with Gasteiger partial charge < -0.3 is 15.2 Å². The van der Waals surface area contributed by atoms with Crippen molar-refractivity contribution >= 4 is 5.97 Å². The molecule has 0 aromatic carbocycles. The van der Waals surface area contributed by atoms with E-state index in [4.69, 9.17) is 9.84 Å². The summed E-state index contributed by atoms with van der Waals surface area (Å²) in [6, 6.07) is 0.354. The maximum absolute atomic E-state index is 10.3. The summed E-state index contributed by atoms with van der Waals surface area (Å²) in [5.41, 5.74) is 0.830. The Hall–Kier alpha value is -0.870. The summed E-state index contributed by atoms with van der Waals surface area (Å²) in [6.45, 7) is 5.24. The van der Waals surface area contributed by atoms with Crippen LogP contribution < -0.4 is 5.32 Å². The average Bonchev–Trinajstić information content (AvgIpc) is 2.46. The molecule has 0 amide bonds. The highest BCUT2D eigenvalue weighted by Crippen LogP contribution is 2.12. The highest BCUT2D eigenvalue weighted by molar-refractivity contribution is 5.80. The van der Waals surface area contributed by atoms with Crippen molar-refractivity contribution in [2.24, 2.45) is 0 Å². The van der Waals surface area contributed by atoms with E-state index in [0.717, 1.165) is 18.6 Å². The van der Waals surface area contributed by atoms with Crippen molar-refractivity contribution in [3.8, 4) is 0 Å². The summed E-state index contributed by atoms with van der Waals surface area (Å²) in [6.07, 6.45) is 2.46. The molecule has 1 aliphatic rings. The molecule has 1 aliphatic heterocycles. The van der Waals surface area contributed by atoms with E-state index in [1.165, 1.54) is 6.08 Å². The molecular weight excluding hydrogens is 182 g/mol. The number of carboxylic acids is 1. The lowest BCUT2D eigenvalue weighted by Gasteiger charge is -2.15. The molecule has 4 heteroatoms. The van der Waals surface area contributed by atoms with E-state index in [1.54, 1.807) is 0 Å². The van der Waals surface area contributed by atoms with Crippen molar-refractivity contribution in [3.63, 3.8) is 0 Å². The topological polar surface area (TPSA) is 58.6 Å². The van der Waals surface area contributed by atoms with Crippen molar-refractivity contribution < 1.29 is 14.6 Å². The first kappa shape index (κ1) is 11.2. The quantitative estimate of drug-likeness (QED) is 0.657. The lowest BCUT2D eigenvalue weighted by atomic mass is 10.1. The fourth-order valence-corrected chi connectivity index (χ4v) is 1.55. The van der Waals surface area contributed by atoms with Crippen molar-refractivity contribution in [1.29, 1.82) is 0 Å². The molecule has 0 spiro atoms. The third kappa shape index (κ3) is 3.47. The Kier molecular flexibility index (Phi) is 4.10. The van der Waals surface area contributed by atoms with Crippen molar-refractivity contribution in [2.75, 3.05) is 13.2 Å². The van der Waals surface area contributed by atoms with Gasteiger partial charge in [-0.05, 0) is 20.3 Å². The second kappa shape index (κ2) is 5.12. The number of nitrogens with one attached hydrogen (secondary N) is 1. The van der Waals surface area contributed by atoms with Crippen LogP contribution in [0.15, 0.2) is 11.6 Å². The van der Waals surface area contributed by atoms with Crippen LogP contribution in [-0.2, 0) is 9.53 Å². The fraction of sp³-hybridized carbons (Fsp3) is 0.700. The minimum Gasteiger partial charge on any atom is -0.478 e. The molecule has 80 valence electrons. The van der Waals surface area contributed by atoms with Crippen LogP contribution in [0.4, 0.5) is 0 Å². The molecule has 0 aromatic rings. The van der Waals surface area contributed by atoms with E-state index in [-0.39, 0.29) is 6.10 Å². The lowest BCUT2D eigenvalue weighted by molar-refractivity contribution is -0.131. The Morgan fingerprint density at radius 1 is 1.71 bits per heavy atom. The number of hydrogen-bond donors (Lipinski definition) is 2. The minimum atomic E-state index is -0.889. The van der Waals surface area contributed by atoms with E-state index in [2.05, 4.69) is 5.32 Å². The maximum Gasteiger partial charge on any atom is 0.328 e. The molecule has 0 radical (unpaired) electrons. The molecule has 1 fully saturated rings. The summed E-state index contributed by atoms with van der Waals surface area (Å²) in [5.74, 6) is -0.889. The van der Waals surface area contributed by atoms with Crippen LogP contribution in [0.25, 0.3) is 0 Å². The molecule has 14 heavy (non-hydrogen) atoms. The predicted molar refractivity (Wildman–Crippen MR) is 53.2 cm³/mol.